The number of alkyl halides is 3. The van der Waals surface area contributed by atoms with Crippen LogP contribution in [0.25, 0.3) is 10.4 Å². The van der Waals surface area contributed by atoms with Crippen molar-refractivity contribution >= 4 is 17.0 Å². The van der Waals surface area contributed by atoms with Crippen molar-refractivity contribution < 1.29 is 17.6 Å². The van der Waals surface area contributed by atoms with Gasteiger partial charge in [-0.1, -0.05) is 6.07 Å². The number of hydrogen-bond acceptors (Lipinski definition) is 2. The minimum atomic E-state index is -4.42. The van der Waals surface area contributed by atoms with Crippen molar-refractivity contribution in [2.45, 2.75) is 6.18 Å². The number of rotatable bonds is 1. The molecule has 0 saturated carbocycles. The fourth-order valence-corrected chi connectivity index (χ4v) is 2.20. The third-order valence-electron chi connectivity index (χ3n) is 2.22. The van der Waals surface area contributed by atoms with Crippen LogP contribution in [0.5, 0.6) is 0 Å². The molecule has 0 unspecified atom stereocenters. The predicted molar refractivity (Wildman–Crippen MR) is 59.1 cm³/mol. The lowest BCUT2D eigenvalue weighted by atomic mass is 10.1. The minimum absolute atomic E-state index is 0.0123. The van der Waals surface area contributed by atoms with E-state index in [1.54, 1.807) is 0 Å². The lowest BCUT2D eigenvalue weighted by molar-refractivity contribution is -0.137. The van der Waals surface area contributed by atoms with Gasteiger partial charge in [0.25, 0.3) is 0 Å². The Morgan fingerprint density at radius 2 is 1.76 bits per heavy atom. The number of nitrogen functional groups attached to an aromatic ring is 1. The summed E-state index contributed by atoms with van der Waals surface area (Å²) in [5, 5.41) is -0.403. The van der Waals surface area contributed by atoms with Gasteiger partial charge in [-0.25, -0.2) is 0 Å². The Balaban J connectivity index is 2.45. The summed E-state index contributed by atoms with van der Waals surface area (Å²) in [4.78, 5) is 0.508. The van der Waals surface area contributed by atoms with Crippen LogP contribution in [0.4, 0.5) is 23.2 Å². The van der Waals surface area contributed by atoms with Gasteiger partial charge >= 0.3 is 6.18 Å². The Morgan fingerprint density at radius 3 is 2.24 bits per heavy atom. The number of hydrogen-bond donors (Lipinski definition) is 1. The molecule has 6 heteroatoms. The zero-order valence-corrected chi connectivity index (χ0v) is 9.20. The van der Waals surface area contributed by atoms with Crippen molar-refractivity contribution in [2.24, 2.45) is 0 Å². The summed E-state index contributed by atoms with van der Waals surface area (Å²) in [5.41, 5.74) is 5.13. The van der Waals surface area contributed by atoms with Crippen molar-refractivity contribution in [3.8, 4) is 10.4 Å². The third-order valence-corrected chi connectivity index (χ3v) is 3.12. The van der Waals surface area contributed by atoms with E-state index in [2.05, 4.69) is 0 Å². The average molecular weight is 261 g/mol. The number of benzene rings is 1. The van der Waals surface area contributed by atoms with Crippen LogP contribution >= 0.6 is 11.3 Å². The fourth-order valence-electron chi connectivity index (χ4n) is 1.42. The summed E-state index contributed by atoms with van der Waals surface area (Å²) in [6, 6.07) is 5.77. The minimum Gasteiger partial charge on any atom is -0.398 e. The Labute approximate surface area is 98.5 Å². The summed E-state index contributed by atoms with van der Waals surface area (Å²) < 4.78 is 50.0. The maximum atomic E-state index is 12.8. The van der Waals surface area contributed by atoms with Crippen molar-refractivity contribution in [1.82, 2.24) is 0 Å². The highest BCUT2D eigenvalue weighted by Crippen LogP contribution is 2.36. The van der Waals surface area contributed by atoms with E-state index in [0.29, 0.717) is 10.4 Å². The molecule has 1 heterocycles. The molecule has 2 N–H and O–H groups in total. The zero-order valence-electron chi connectivity index (χ0n) is 8.38. The van der Waals surface area contributed by atoms with Gasteiger partial charge in [0.2, 0.25) is 0 Å². The van der Waals surface area contributed by atoms with Gasteiger partial charge in [0.05, 0.1) is 5.56 Å². The first-order valence-electron chi connectivity index (χ1n) is 4.60. The van der Waals surface area contributed by atoms with Crippen LogP contribution in [0, 0.1) is 5.13 Å². The maximum absolute atomic E-state index is 12.8. The van der Waals surface area contributed by atoms with E-state index in [1.165, 1.54) is 18.2 Å². The molecular formula is C11H7F4NS. The summed E-state index contributed by atoms with van der Waals surface area (Å²) in [7, 11) is 0. The van der Waals surface area contributed by atoms with Crippen LogP contribution in [0.3, 0.4) is 0 Å². The molecule has 2 aromatic rings. The van der Waals surface area contributed by atoms with Crippen molar-refractivity contribution in [3.05, 3.63) is 41.0 Å². The van der Waals surface area contributed by atoms with E-state index in [-0.39, 0.29) is 5.69 Å². The SMILES string of the molecule is Nc1cc(C(F)(F)F)ccc1-c1ccc(F)s1. The molecule has 0 fully saturated rings. The van der Waals surface area contributed by atoms with Crippen LogP contribution in [0.2, 0.25) is 0 Å². The summed E-state index contributed by atoms with van der Waals surface area (Å²) in [6.45, 7) is 0. The first-order valence-corrected chi connectivity index (χ1v) is 5.42. The van der Waals surface area contributed by atoms with Gasteiger partial charge in [-0.05, 0) is 24.3 Å². The molecule has 0 radical (unpaired) electrons. The molecule has 0 saturated heterocycles. The van der Waals surface area contributed by atoms with E-state index >= 15 is 0 Å². The van der Waals surface area contributed by atoms with Gasteiger partial charge < -0.3 is 5.73 Å². The Morgan fingerprint density at radius 1 is 1.06 bits per heavy atom. The van der Waals surface area contributed by atoms with Gasteiger partial charge in [0.1, 0.15) is 0 Å². The second-order valence-electron chi connectivity index (χ2n) is 3.40. The largest absolute Gasteiger partial charge is 0.416 e. The molecule has 0 spiro atoms. The maximum Gasteiger partial charge on any atom is 0.416 e. The molecule has 1 aromatic heterocycles. The molecule has 17 heavy (non-hydrogen) atoms. The highest BCUT2D eigenvalue weighted by Gasteiger charge is 2.30. The smallest absolute Gasteiger partial charge is 0.398 e. The van der Waals surface area contributed by atoms with E-state index in [1.807, 2.05) is 0 Å². The summed E-state index contributed by atoms with van der Waals surface area (Å²) in [6.07, 6.45) is -4.42. The molecule has 0 bridgehead atoms. The van der Waals surface area contributed by atoms with E-state index in [9.17, 15) is 17.6 Å². The second kappa shape index (κ2) is 4.03. The normalized spacial score (nSPS) is 11.8. The van der Waals surface area contributed by atoms with E-state index in [0.717, 1.165) is 23.5 Å². The van der Waals surface area contributed by atoms with Gasteiger partial charge in [0.15, 0.2) is 5.13 Å². The fraction of sp³-hybridized carbons (Fsp3) is 0.0909. The van der Waals surface area contributed by atoms with Crippen LogP contribution < -0.4 is 5.73 Å². The van der Waals surface area contributed by atoms with Crippen molar-refractivity contribution in [2.75, 3.05) is 5.73 Å². The molecular weight excluding hydrogens is 254 g/mol. The van der Waals surface area contributed by atoms with Crippen molar-refractivity contribution in [3.63, 3.8) is 0 Å². The van der Waals surface area contributed by atoms with Crippen LogP contribution in [0.1, 0.15) is 5.56 Å². The molecule has 0 aliphatic carbocycles. The molecule has 1 nitrogen and oxygen atoms in total. The topological polar surface area (TPSA) is 26.0 Å². The van der Waals surface area contributed by atoms with Crippen molar-refractivity contribution in [1.29, 1.82) is 0 Å². The van der Waals surface area contributed by atoms with Crippen LogP contribution in [-0.2, 0) is 6.18 Å². The van der Waals surface area contributed by atoms with Crippen LogP contribution in [-0.4, -0.2) is 0 Å². The Hall–Kier alpha value is -1.56. The van der Waals surface area contributed by atoms with Crippen LogP contribution in [0.15, 0.2) is 30.3 Å². The van der Waals surface area contributed by atoms with Gasteiger partial charge in [-0.3, -0.25) is 0 Å². The first-order chi connectivity index (χ1) is 7.88. The number of halogens is 4. The van der Waals surface area contributed by atoms with E-state index in [4.69, 9.17) is 5.73 Å². The molecule has 0 atom stereocenters. The zero-order chi connectivity index (χ0) is 12.6. The lowest BCUT2D eigenvalue weighted by Crippen LogP contribution is -2.05. The average Bonchev–Trinajstić information content (AvgIpc) is 2.63. The first kappa shape index (κ1) is 11.9. The highest BCUT2D eigenvalue weighted by molar-refractivity contribution is 7.13. The number of thiophene rings is 1. The number of anilines is 1. The second-order valence-corrected chi connectivity index (χ2v) is 4.44. The lowest BCUT2D eigenvalue weighted by Gasteiger charge is -2.09. The highest BCUT2D eigenvalue weighted by atomic mass is 32.1. The van der Waals surface area contributed by atoms with Gasteiger partial charge in [0, 0.05) is 16.1 Å². The molecule has 0 aliphatic rings. The standard InChI is InChI=1S/C11H7F4NS/c12-10-4-3-9(17-10)7-2-1-6(5-8(7)16)11(13,14)15/h1-5H,16H2. The monoisotopic (exact) mass is 261 g/mol. The summed E-state index contributed by atoms with van der Waals surface area (Å²) in [5.74, 6) is 0. The predicted octanol–water partition coefficient (Wildman–Crippen LogP) is 4.16. The molecule has 1 aromatic carbocycles. The van der Waals surface area contributed by atoms with E-state index < -0.39 is 16.9 Å². The molecule has 90 valence electrons. The third kappa shape index (κ3) is 2.41. The molecule has 0 aliphatic heterocycles. The number of nitrogens with two attached hydrogens (primary N) is 1. The Kier molecular flexibility index (Phi) is 2.82. The van der Waals surface area contributed by atoms with Gasteiger partial charge in [-0.15, -0.1) is 11.3 Å². The molecule has 0 amide bonds. The van der Waals surface area contributed by atoms with Gasteiger partial charge in [-0.2, -0.15) is 17.6 Å². The quantitative estimate of drug-likeness (QED) is 0.605. The molecule has 2 rings (SSSR count). The Bertz CT molecular complexity index is 545. The summed E-state index contributed by atoms with van der Waals surface area (Å²) >= 11 is 0.840.